The maximum Gasteiger partial charge on any atom is 0.281 e. The highest BCUT2D eigenvalue weighted by molar-refractivity contribution is 7.86. The molecular formula is C9H22N2O3S. The predicted molar refractivity (Wildman–Crippen MR) is 60.8 cm³/mol. The molecule has 0 aliphatic carbocycles. The van der Waals surface area contributed by atoms with E-state index in [2.05, 4.69) is 0 Å². The Morgan fingerprint density at radius 1 is 1.20 bits per heavy atom. The van der Waals surface area contributed by atoms with Gasteiger partial charge in [0.1, 0.15) is 0 Å². The molecule has 0 saturated carbocycles. The number of aliphatic hydroxyl groups excluding tert-OH is 1. The first-order valence-corrected chi connectivity index (χ1v) is 6.72. The Bertz CT molecular complexity index is 254. The van der Waals surface area contributed by atoms with Crippen LogP contribution in [0.25, 0.3) is 0 Å². The van der Waals surface area contributed by atoms with E-state index >= 15 is 0 Å². The lowest BCUT2D eigenvalue weighted by molar-refractivity contribution is 0.245. The topological polar surface area (TPSA) is 60.9 Å². The first kappa shape index (κ1) is 14.8. The summed E-state index contributed by atoms with van der Waals surface area (Å²) in [5, 5.41) is 8.83. The largest absolute Gasteiger partial charge is 0.395 e. The number of hydrogen-bond acceptors (Lipinski definition) is 3. The van der Waals surface area contributed by atoms with Crippen molar-refractivity contribution in [1.29, 1.82) is 0 Å². The van der Waals surface area contributed by atoms with E-state index in [1.54, 1.807) is 14.0 Å². The van der Waals surface area contributed by atoms with Crippen LogP contribution in [0.4, 0.5) is 0 Å². The van der Waals surface area contributed by atoms with Crippen LogP contribution >= 0.6 is 0 Å². The van der Waals surface area contributed by atoms with Crippen molar-refractivity contribution in [2.75, 3.05) is 33.3 Å². The van der Waals surface area contributed by atoms with E-state index < -0.39 is 10.2 Å². The first-order chi connectivity index (χ1) is 7.00. The summed E-state index contributed by atoms with van der Waals surface area (Å²) >= 11 is 0. The molecule has 0 rings (SSSR count). The van der Waals surface area contributed by atoms with Crippen molar-refractivity contribution >= 4 is 10.2 Å². The lowest BCUT2D eigenvalue weighted by atomic mass is 10.3. The van der Waals surface area contributed by atoms with Crippen LogP contribution in [0.5, 0.6) is 0 Å². The summed E-state index contributed by atoms with van der Waals surface area (Å²) in [4.78, 5) is 0. The Hall–Kier alpha value is -0.170. The minimum Gasteiger partial charge on any atom is -0.395 e. The summed E-state index contributed by atoms with van der Waals surface area (Å²) < 4.78 is 26.4. The van der Waals surface area contributed by atoms with Crippen LogP contribution in [0.1, 0.15) is 26.7 Å². The van der Waals surface area contributed by atoms with Crippen molar-refractivity contribution in [2.24, 2.45) is 0 Å². The molecule has 0 unspecified atom stereocenters. The van der Waals surface area contributed by atoms with Gasteiger partial charge >= 0.3 is 0 Å². The second-order valence-electron chi connectivity index (χ2n) is 3.40. The summed E-state index contributed by atoms with van der Waals surface area (Å²) in [6, 6.07) is 0. The van der Waals surface area contributed by atoms with E-state index in [0.29, 0.717) is 13.1 Å². The zero-order valence-electron chi connectivity index (χ0n) is 9.81. The van der Waals surface area contributed by atoms with Gasteiger partial charge in [0.05, 0.1) is 6.61 Å². The number of nitrogens with zero attached hydrogens (tertiary/aromatic N) is 2. The SMILES string of the molecule is CCCCN(CCO)S(=O)(=O)N(C)CC. The second-order valence-corrected chi connectivity index (χ2v) is 5.43. The third-order valence-electron chi connectivity index (χ3n) is 2.28. The molecule has 0 heterocycles. The average Bonchev–Trinajstić information content (AvgIpc) is 2.22. The predicted octanol–water partition coefficient (Wildman–Crippen LogP) is 0.277. The molecule has 0 aromatic heterocycles. The highest BCUT2D eigenvalue weighted by Crippen LogP contribution is 2.07. The minimum absolute atomic E-state index is 0.138. The highest BCUT2D eigenvalue weighted by atomic mass is 32.2. The van der Waals surface area contributed by atoms with Gasteiger partial charge < -0.3 is 5.11 Å². The lowest BCUT2D eigenvalue weighted by Crippen LogP contribution is -2.43. The number of rotatable bonds is 8. The summed E-state index contributed by atoms with van der Waals surface area (Å²) in [6.45, 7) is 4.75. The molecular weight excluding hydrogens is 216 g/mol. The lowest BCUT2D eigenvalue weighted by Gasteiger charge is -2.26. The van der Waals surface area contributed by atoms with Gasteiger partial charge in [-0.1, -0.05) is 20.3 Å². The van der Waals surface area contributed by atoms with E-state index in [-0.39, 0.29) is 13.2 Å². The fourth-order valence-corrected chi connectivity index (χ4v) is 2.54. The molecule has 0 radical (unpaired) electrons. The standard InChI is InChI=1S/C9H22N2O3S/c1-4-6-7-11(8-9-12)15(13,14)10(3)5-2/h12H,4-9H2,1-3H3. The molecule has 0 aliphatic rings. The van der Waals surface area contributed by atoms with Crippen LogP contribution < -0.4 is 0 Å². The Labute approximate surface area is 92.9 Å². The molecule has 0 saturated heterocycles. The fraction of sp³-hybridized carbons (Fsp3) is 1.00. The van der Waals surface area contributed by atoms with Crippen LogP contribution in [0.3, 0.4) is 0 Å². The van der Waals surface area contributed by atoms with Crippen LogP contribution in [-0.2, 0) is 10.2 Å². The fourth-order valence-electron chi connectivity index (χ4n) is 1.15. The Morgan fingerprint density at radius 2 is 1.80 bits per heavy atom. The zero-order valence-corrected chi connectivity index (χ0v) is 10.6. The Balaban J connectivity index is 4.58. The summed E-state index contributed by atoms with van der Waals surface area (Å²) in [7, 11) is -1.83. The van der Waals surface area contributed by atoms with Gasteiger partial charge in [-0.3, -0.25) is 0 Å². The van der Waals surface area contributed by atoms with E-state index in [1.165, 1.54) is 8.61 Å². The molecule has 0 aliphatic heterocycles. The van der Waals surface area contributed by atoms with E-state index in [0.717, 1.165) is 12.8 Å². The normalized spacial score (nSPS) is 12.7. The van der Waals surface area contributed by atoms with Crippen molar-refractivity contribution in [3.63, 3.8) is 0 Å². The maximum absolute atomic E-state index is 11.9. The third-order valence-corrected chi connectivity index (χ3v) is 4.34. The third kappa shape index (κ3) is 4.46. The van der Waals surface area contributed by atoms with Gasteiger partial charge in [-0.05, 0) is 6.42 Å². The molecule has 0 atom stereocenters. The smallest absolute Gasteiger partial charge is 0.281 e. The van der Waals surface area contributed by atoms with Gasteiger partial charge in [-0.2, -0.15) is 17.0 Å². The summed E-state index contributed by atoms with van der Waals surface area (Å²) in [6.07, 6.45) is 1.75. The molecule has 0 bridgehead atoms. The van der Waals surface area contributed by atoms with Gasteiger partial charge in [0.25, 0.3) is 10.2 Å². The minimum atomic E-state index is -3.38. The van der Waals surface area contributed by atoms with Gasteiger partial charge in [0.2, 0.25) is 0 Å². The van der Waals surface area contributed by atoms with Gasteiger partial charge in [-0.25, -0.2) is 0 Å². The molecule has 5 nitrogen and oxygen atoms in total. The van der Waals surface area contributed by atoms with Gasteiger partial charge in [0, 0.05) is 26.7 Å². The van der Waals surface area contributed by atoms with Gasteiger partial charge in [0.15, 0.2) is 0 Å². The Kier molecular flexibility index (Phi) is 7.08. The van der Waals surface area contributed by atoms with E-state index in [9.17, 15) is 8.42 Å². The number of hydrogen-bond donors (Lipinski definition) is 1. The van der Waals surface area contributed by atoms with Crippen LogP contribution in [-0.4, -0.2) is 55.4 Å². The molecule has 1 N–H and O–H groups in total. The second kappa shape index (κ2) is 7.16. The molecule has 92 valence electrons. The van der Waals surface area contributed by atoms with Crippen LogP contribution in [0.15, 0.2) is 0 Å². The molecule has 0 aromatic rings. The summed E-state index contributed by atoms with van der Waals surface area (Å²) in [5.74, 6) is 0. The first-order valence-electron chi connectivity index (χ1n) is 5.32. The Morgan fingerprint density at radius 3 is 2.20 bits per heavy atom. The highest BCUT2D eigenvalue weighted by Gasteiger charge is 2.24. The molecule has 15 heavy (non-hydrogen) atoms. The van der Waals surface area contributed by atoms with Crippen LogP contribution in [0.2, 0.25) is 0 Å². The van der Waals surface area contributed by atoms with Crippen molar-refractivity contribution in [3.8, 4) is 0 Å². The molecule has 0 aromatic carbocycles. The average molecular weight is 238 g/mol. The molecule has 0 amide bonds. The van der Waals surface area contributed by atoms with Crippen molar-refractivity contribution in [1.82, 2.24) is 8.61 Å². The van der Waals surface area contributed by atoms with Crippen molar-refractivity contribution < 1.29 is 13.5 Å². The molecule has 0 fully saturated rings. The van der Waals surface area contributed by atoms with Crippen molar-refractivity contribution in [3.05, 3.63) is 0 Å². The van der Waals surface area contributed by atoms with Gasteiger partial charge in [-0.15, -0.1) is 0 Å². The summed E-state index contributed by atoms with van der Waals surface area (Å²) in [5.41, 5.74) is 0. The van der Waals surface area contributed by atoms with Crippen molar-refractivity contribution in [2.45, 2.75) is 26.7 Å². The van der Waals surface area contributed by atoms with E-state index in [4.69, 9.17) is 5.11 Å². The maximum atomic E-state index is 11.9. The quantitative estimate of drug-likeness (QED) is 0.660. The van der Waals surface area contributed by atoms with Crippen LogP contribution in [0, 0.1) is 0 Å². The molecule has 6 heteroatoms. The van der Waals surface area contributed by atoms with E-state index in [1.807, 2.05) is 6.92 Å². The number of aliphatic hydroxyl groups is 1. The monoisotopic (exact) mass is 238 g/mol. The molecule has 0 spiro atoms. The zero-order chi connectivity index (χ0) is 11.9. The number of unbranched alkanes of at least 4 members (excludes halogenated alkanes) is 1.